The standard InChI is InChI=1S/C19H20N4O6/c1-13(18(25)22-15-9-5-6-10-16(15)23(27)28)29-17(24)11-12-20-19(26)21-14-7-3-2-4-8-14/h2-10,13H,11-12H2,1H3,(H,22,25)(H2,20,21,26)/t13-/m1/s1. The summed E-state index contributed by atoms with van der Waals surface area (Å²) in [6.45, 7) is 1.35. The Hall–Kier alpha value is -3.95. The maximum atomic E-state index is 12.1. The lowest BCUT2D eigenvalue weighted by molar-refractivity contribution is -0.383. The molecule has 2 aromatic carbocycles. The molecule has 0 fully saturated rings. The minimum Gasteiger partial charge on any atom is -0.452 e. The Balaban J connectivity index is 1.75. The normalized spacial score (nSPS) is 11.1. The van der Waals surface area contributed by atoms with Gasteiger partial charge in [-0.2, -0.15) is 0 Å². The molecule has 1 atom stereocenters. The Kier molecular flexibility index (Phi) is 7.66. The van der Waals surface area contributed by atoms with Crippen LogP contribution in [0.4, 0.5) is 21.9 Å². The summed E-state index contributed by atoms with van der Waals surface area (Å²) in [5.41, 5.74) is 0.338. The van der Waals surface area contributed by atoms with Crippen LogP contribution >= 0.6 is 0 Å². The van der Waals surface area contributed by atoms with Gasteiger partial charge in [-0.3, -0.25) is 19.7 Å². The summed E-state index contributed by atoms with van der Waals surface area (Å²) in [7, 11) is 0. The number of urea groups is 1. The fraction of sp³-hybridized carbons (Fsp3) is 0.211. The van der Waals surface area contributed by atoms with E-state index in [2.05, 4.69) is 16.0 Å². The van der Waals surface area contributed by atoms with E-state index in [1.54, 1.807) is 24.3 Å². The summed E-state index contributed by atoms with van der Waals surface area (Å²) in [4.78, 5) is 46.0. The van der Waals surface area contributed by atoms with Gasteiger partial charge >= 0.3 is 12.0 Å². The number of benzene rings is 2. The molecule has 0 saturated carbocycles. The number of rotatable bonds is 8. The van der Waals surface area contributed by atoms with Crippen molar-refractivity contribution >= 4 is 35.0 Å². The number of para-hydroxylation sites is 3. The van der Waals surface area contributed by atoms with Crippen LogP contribution in [0.3, 0.4) is 0 Å². The maximum Gasteiger partial charge on any atom is 0.319 e. The summed E-state index contributed by atoms with van der Waals surface area (Å²) in [5.74, 6) is -1.40. The number of nitro groups is 1. The third-order valence-electron chi connectivity index (χ3n) is 3.68. The van der Waals surface area contributed by atoms with Crippen molar-refractivity contribution in [1.29, 1.82) is 0 Å². The van der Waals surface area contributed by atoms with Crippen LogP contribution in [0.1, 0.15) is 13.3 Å². The smallest absolute Gasteiger partial charge is 0.319 e. The van der Waals surface area contributed by atoms with Crippen molar-refractivity contribution in [3.05, 3.63) is 64.7 Å². The van der Waals surface area contributed by atoms with Crippen molar-refractivity contribution in [3.8, 4) is 0 Å². The Labute approximate surface area is 166 Å². The van der Waals surface area contributed by atoms with Gasteiger partial charge < -0.3 is 20.7 Å². The Morgan fingerprint density at radius 1 is 1.03 bits per heavy atom. The second-order valence-electron chi connectivity index (χ2n) is 5.89. The molecule has 0 aliphatic rings. The molecule has 0 aromatic heterocycles. The van der Waals surface area contributed by atoms with Gasteiger partial charge in [0.1, 0.15) is 5.69 Å². The van der Waals surface area contributed by atoms with Crippen LogP contribution in [0.5, 0.6) is 0 Å². The van der Waals surface area contributed by atoms with E-state index in [-0.39, 0.29) is 24.3 Å². The first kappa shape index (κ1) is 21.4. The molecule has 0 radical (unpaired) electrons. The molecule has 0 spiro atoms. The van der Waals surface area contributed by atoms with Crippen LogP contribution in [0.25, 0.3) is 0 Å². The van der Waals surface area contributed by atoms with Crippen LogP contribution in [-0.4, -0.2) is 35.5 Å². The molecule has 0 aliphatic heterocycles. The van der Waals surface area contributed by atoms with Crippen LogP contribution in [-0.2, 0) is 14.3 Å². The van der Waals surface area contributed by atoms with Crippen molar-refractivity contribution in [2.45, 2.75) is 19.4 Å². The molecule has 0 saturated heterocycles. The highest BCUT2D eigenvalue weighted by molar-refractivity contribution is 5.97. The third-order valence-corrected chi connectivity index (χ3v) is 3.68. The van der Waals surface area contributed by atoms with Gasteiger partial charge in [0.05, 0.1) is 11.3 Å². The van der Waals surface area contributed by atoms with Gasteiger partial charge in [0, 0.05) is 18.3 Å². The van der Waals surface area contributed by atoms with Gasteiger partial charge in [0.25, 0.3) is 11.6 Å². The minimum atomic E-state index is -1.17. The summed E-state index contributed by atoms with van der Waals surface area (Å²) >= 11 is 0. The first-order valence-electron chi connectivity index (χ1n) is 8.70. The number of anilines is 2. The lowest BCUT2D eigenvalue weighted by Crippen LogP contribution is -2.33. The predicted octanol–water partition coefficient (Wildman–Crippen LogP) is 2.68. The fourth-order valence-corrected chi connectivity index (χ4v) is 2.26. The van der Waals surface area contributed by atoms with Gasteiger partial charge in [-0.15, -0.1) is 0 Å². The first-order valence-corrected chi connectivity index (χ1v) is 8.70. The Morgan fingerprint density at radius 2 is 1.69 bits per heavy atom. The molecule has 10 heteroatoms. The van der Waals surface area contributed by atoms with E-state index in [9.17, 15) is 24.5 Å². The average Bonchev–Trinajstić information content (AvgIpc) is 2.68. The van der Waals surface area contributed by atoms with Crippen molar-refractivity contribution in [3.63, 3.8) is 0 Å². The van der Waals surface area contributed by atoms with E-state index in [1.165, 1.54) is 31.2 Å². The second-order valence-corrected chi connectivity index (χ2v) is 5.89. The van der Waals surface area contributed by atoms with Crippen LogP contribution in [0, 0.1) is 10.1 Å². The molecule has 2 aromatic rings. The number of nitrogens with one attached hydrogen (secondary N) is 3. The molecule has 0 aliphatic carbocycles. The number of nitrogens with zero attached hydrogens (tertiary/aromatic N) is 1. The zero-order valence-electron chi connectivity index (χ0n) is 15.6. The maximum absolute atomic E-state index is 12.1. The SMILES string of the molecule is C[C@@H](OC(=O)CCNC(=O)Nc1ccccc1)C(=O)Nc1ccccc1[N+](=O)[O-]. The van der Waals surface area contributed by atoms with Crippen molar-refractivity contribution in [2.24, 2.45) is 0 Å². The molecule has 29 heavy (non-hydrogen) atoms. The molecular formula is C19H20N4O6. The second kappa shape index (κ2) is 10.4. The summed E-state index contributed by atoms with van der Waals surface area (Å²) in [6.07, 6.45) is -1.31. The van der Waals surface area contributed by atoms with E-state index >= 15 is 0 Å². The lowest BCUT2D eigenvalue weighted by atomic mass is 10.2. The zero-order chi connectivity index (χ0) is 21.2. The van der Waals surface area contributed by atoms with Crippen LogP contribution in [0.15, 0.2) is 54.6 Å². The summed E-state index contributed by atoms with van der Waals surface area (Å²) in [5, 5.41) is 18.4. The van der Waals surface area contributed by atoms with Crippen molar-refractivity contribution in [2.75, 3.05) is 17.2 Å². The van der Waals surface area contributed by atoms with Gasteiger partial charge in [0.15, 0.2) is 6.10 Å². The molecule has 152 valence electrons. The van der Waals surface area contributed by atoms with Gasteiger partial charge in [-0.25, -0.2) is 4.79 Å². The number of esters is 1. The summed E-state index contributed by atoms with van der Waals surface area (Å²) in [6, 6.07) is 13.9. The molecular weight excluding hydrogens is 380 g/mol. The Morgan fingerprint density at radius 3 is 2.38 bits per heavy atom. The van der Waals surface area contributed by atoms with Gasteiger partial charge in [-0.05, 0) is 25.1 Å². The molecule has 10 nitrogen and oxygen atoms in total. The third kappa shape index (κ3) is 6.94. The lowest BCUT2D eigenvalue weighted by Gasteiger charge is -2.14. The van der Waals surface area contributed by atoms with E-state index in [4.69, 9.17) is 4.74 Å². The monoisotopic (exact) mass is 400 g/mol. The highest BCUT2D eigenvalue weighted by Gasteiger charge is 2.21. The number of carbonyl (C=O) groups excluding carboxylic acids is 3. The van der Waals surface area contributed by atoms with Crippen LogP contribution < -0.4 is 16.0 Å². The number of hydrogen-bond acceptors (Lipinski definition) is 6. The molecule has 3 N–H and O–H groups in total. The number of amides is 3. The number of nitro benzene ring substituents is 1. The average molecular weight is 400 g/mol. The highest BCUT2D eigenvalue weighted by Crippen LogP contribution is 2.23. The molecule has 2 rings (SSSR count). The minimum absolute atomic E-state index is 0.00430. The predicted molar refractivity (Wildman–Crippen MR) is 105 cm³/mol. The van der Waals surface area contributed by atoms with E-state index in [1.807, 2.05) is 6.07 Å². The molecule has 0 heterocycles. The summed E-state index contributed by atoms with van der Waals surface area (Å²) < 4.78 is 4.99. The first-order chi connectivity index (χ1) is 13.9. The van der Waals surface area contributed by atoms with Gasteiger partial charge in [0.2, 0.25) is 0 Å². The number of ether oxygens (including phenoxy) is 1. The zero-order valence-corrected chi connectivity index (χ0v) is 15.6. The molecule has 3 amide bonds. The Bertz CT molecular complexity index is 887. The molecule has 0 unspecified atom stereocenters. The number of carbonyl (C=O) groups is 3. The highest BCUT2D eigenvalue weighted by atomic mass is 16.6. The van der Waals surface area contributed by atoms with Crippen molar-refractivity contribution < 1.29 is 24.0 Å². The van der Waals surface area contributed by atoms with Gasteiger partial charge in [-0.1, -0.05) is 30.3 Å². The van der Waals surface area contributed by atoms with Crippen molar-refractivity contribution in [1.82, 2.24) is 5.32 Å². The van der Waals surface area contributed by atoms with Crippen LogP contribution in [0.2, 0.25) is 0 Å². The molecule has 0 bridgehead atoms. The van der Waals surface area contributed by atoms with E-state index in [0.29, 0.717) is 5.69 Å². The van der Waals surface area contributed by atoms with E-state index in [0.717, 1.165) is 0 Å². The largest absolute Gasteiger partial charge is 0.452 e. The quantitative estimate of drug-likeness (QED) is 0.354. The fourth-order valence-electron chi connectivity index (χ4n) is 2.26. The van der Waals surface area contributed by atoms with E-state index < -0.39 is 28.9 Å². The number of hydrogen-bond donors (Lipinski definition) is 3. The topological polar surface area (TPSA) is 140 Å².